The summed E-state index contributed by atoms with van der Waals surface area (Å²) in [5, 5.41) is 9.25. The molecule has 0 heterocycles. The van der Waals surface area contributed by atoms with E-state index in [4.69, 9.17) is 76.8 Å². The highest BCUT2D eigenvalue weighted by molar-refractivity contribution is 5.65. The van der Waals surface area contributed by atoms with E-state index in [2.05, 4.69) is 0 Å². The molecule has 0 aromatic heterocycles. The first-order valence-corrected chi connectivity index (χ1v) is 19.8. The van der Waals surface area contributed by atoms with Crippen LogP contribution in [0.5, 0.6) is 0 Å². The molecular weight excluding hydrogens is 744 g/mol. The van der Waals surface area contributed by atoms with Gasteiger partial charge in [0.15, 0.2) is 0 Å². The monoisotopic (exact) mass is 821 g/mol. The van der Waals surface area contributed by atoms with Crippen LogP contribution in [0.4, 0.5) is 4.79 Å². The molecule has 19 heteroatoms. The second kappa shape index (κ2) is 44.7. The first kappa shape index (κ1) is 54.6. The molecule has 0 radical (unpaired) electrons. The molecule has 0 aliphatic carbocycles. The minimum Gasteiger partial charge on any atom is -0.465 e. The zero-order valence-electron chi connectivity index (χ0n) is 34.6. The second-order valence-corrected chi connectivity index (χ2v) is 12.6. The minimum absolute atomic E-state index is 0.313. The number of hydrogen-bond donors (Lipinski definition) is 2. The Kier molecular flexibility index (Phi) is 43.6. The van der Waals surface area contributed by atoms with Gasteiger partial charge in [0.05, 0.1) is 198 Å². The molecule has 0 spiro atoms. The quantitative estimate of drug-likeness (QED) is 0.0821. The molecule has 0 unspecified atom stereocenters. The first-order chi connectivity index (χ1) is 27.4. The third-order valence-electron chi connectivity index (χ3n) is 6.97. The number of hydrogen-bond acceptors (Lipinski definition) is 17. The summed E-state index contributed by atoms with van der Waals surface area (Å²) in [4.78, 5) is 12.6. The van der Waals surface area contributed by atoms with Crippen LogP contribution >= 0.6 is 0 Å². The summed E-state index contributed by atoms with van der Waals surface area (Å²) in [5.74, 6) is 0. The van der Waals surface area contributed by atoms with Crippen molar-refractivity contribution in [2.24, 2.45) is 5.73 Å². The Morgan fingerprint density at radius 2 is 0.518 bits per heavy atom. The smallest absolute Gasteiger partial charge is 0.407 e. The van der Waals surface area contributed by atoms with Gasteiger partial charge in [-0.2, -0.15) is 0 Å². The normalized spacial score (nSPS) is 11.9. The highest BCUT2D eigenvalue weighted by Gasteiger charge is 2.25. The number of nitrogens with two attached hydrogens (primary N) is 1. The number of carbonyl (C=O) groups is 1. The lowest BCUT2D eigenvalue weighted by Crippen LogP contribution is -2.46. The van der Waals surface area contributed by atoms with Crippen LogP contribution < -0.4 is 5.73 Å². The molecule has 0 aromatic rings. The van der Waals surface area contributed by atoms with E-state index >= 15 is 0 Å². The van der Waals surface area contributed by atoms with Crippen LogP contribution in [-0.2, 0) is 71.1 Å². The van der Waals surface area contributed by atoms with Crippen LogP contribution in [0.3, 0.4) is 0 Å². The average molecular weight is 821 g/mol. The largest absolute Gasteiger partial charge is 0.465 e. The molecule has 3 N–H and O–H groups in total. The van der Waals surface area contributed by atoms with Gasteiger partial charge in [0, 0.05) is 18.6 Å². The Bertz CT molecular complexity index is 786. The lowest BCUT2D eigenvalue weighted by atomic mass is 10.1. The van der Waals surface area contributed by atoms with Crippen molar-refractivity contribution in [2.45, 2.75) is 26.3 Å². The van der Waals surface area contributed by atoms with Crippen LogP contribution in [0, 0.1) is 0 Å². The molecule has 56 heavy (non-hydrogen) atoms. The topological polar surface area (TPSA) is 205 Å². The SMILES string of the molecule is CC(C)(C)N(CCOCCOCCOCCOCCOCCOCCOCCOCCOCCOCCOCCOCCOCCOCCOCCN)C(=O)O. The maximum Gasteiger partial charge on any atom is 0.407 e. The summed E-state index contributed by atoms with van der Waals surface area (Å²) in [6.45, 7) is 20.9. The van der Waals surface area contributed by atoms with E-state index in [9.17, 15) is 9.90 Å². The van der Waals surface area contributed by atoms with Crippen LogP contribution in [0.2, 0.25) is 0 Å². The average Bonchev–Trinajstić information content (AvgIpc) is 3.17. The van der Waals surface area contributed by atoms with Crippen molar-refractivity contribution in [3.63, 3.8) is 0 Å². The summed E-state index contributed by atoms with van der Waals surface area (Å²) >= 11 is 0. The van der Waals surface area contributed by atoms with Gasteiger partial charge in [-0.3, -0.25) is 0 Å². The number of ether oxygens (including phenoxy) is 15. The van der Waals surface area contributed by atoms with Gasteiger partial charge >= 0.3 is 6.09 Å². The van der Waals surface area contributed by atoms with Crippen LogP contribution in [0.25, 0.3) is 0 Å². The third-order valence-corrected chi connectivity index (χ3v) is 6.97. The standard InChI is InChI=1S/C37H76N2O17/c1-37(2,3)39(36(40)41)5-7-43-9-11-45-13-15-47-17-19-49-21-23-51-25-27-53-29-31-55-33-35-56-34-32-54-30-28-52-26-24-50-22-20-48-18-16-46-14-12-44-10-8-42-6-4-38/h4-35,38H2,1-3H3,(H,40,41). The molecule has 0 rings (SSSR count). The predicted molar refractivity (Wildman–Crippen MR) is 206 cm³/mol. The van der Waals surface area contributed by atoms with Crippen molar-refractivity contribution < 1.29 is 81.0 Å². The van der Waals surface area contributed by atoms with Crippen molar-refractivity contribution in [2.75, 3.05) is 211 Å². The molecule has 0 saturated heterocycles. The number of carboxylic acid groups (broad SMARTS) is 1. The van der Waals surface area contributed by atoms with Gasteiger partial charge in [-0.05, 0) is 20.8 Å². The van der Waals surface area contributed by atoms with Gasteiger partial charge in [0.1, 0.15) is 0 Å². The van der Waals surface area contributed by atoms with E-state index in [0.717, 1.165) is 0 Å². The molecular formula is C37H76N2O17. The predicted octanol–water partition coefficient (Wildman–Crippen LogP) is 0.973. The Labute approximate surface area is 335 Å². The summed E-state index contributed by atoms with van der Waals surface area (Å²) in [6, 6.07) is 0. The molecule has 0 bridgehead atoms. The van der Waals surface area contributed by atoms with Gasteiger partial charge in [0.2, 0.25) is 0 Å². The lowest BCUT2D eigenvalue weighted by molar-refractivity contribution is -0.0301. The Hall–Kier alpha value is -1.37. The van der Waals surface area contributed by atoms with Crippen LogP contribution in [0.1, 0.15) is 20.8 Å². The summed E-state index contributed by atoms with van der Waals surface area (Å²) in [5.41, 5.74) is 4.87. The highest BCUT2D eigenvalue weighted by atomic mass is 16.6. The van der Waals surface area contributed by atoms with Gasteiger partial charge in [0.25, 0.3) is 0 Å². The van der Waals surface area contributed by atoms with Gasteiger partial charge in [-0.15, -0.1) is 0 Å². The fraction of sp³-hybridized carbons (Fsp3) is 0.973. The van der Waals surface area contributed by atoms with Crippen LogP contribution in [0.15, 0.2) is 0 Å². The fourth-order valence-corrected chi connectivity index (χ4v) is 4.14. The second-order valence-electron chi connectivity index (χ2n) is 12.6. The van der Waals surface area contributed by atoms with Gasteiger partial charge < -0.3 is 86.8 Å². The lowest BCUT2D eigenvalue weighted by Gasteiger charge is -2.32. The molecule has 1 amide bonds. The number of rotatable bonds is 47. The van der Waals surface area contributed by atoms with Crippen molar-refractivity contribution in [3.8, 4) is 0 Å². The minimum atomic E-state index is -0.955. The van der Waals surface area contributed by atoms with E-state index in [1.807, 2.05) is 20.8 Å². The molecule has 0 saturated carbocycles. The van der Waals surface area contributed by atoms with Crippen molar-refractivity contribution in [1.82, 2.24) is 4.90 Å². The molecule has 0 aliphatic rings. The third kappa shape index (κ3) is 43.7. The molecule has 0 aliphatic heterocycles. The summed E-state index contributed by atoms with van der Waals surface area (Å²) in [7, 11) is 0. The Balaban J connectivity index is 3.13. The number of amides is 1. The maximum atomic E-state index is 11.3. The fourth-order valence-electron chi connectivity index (χ4n) is 4.14. The summed E-state index contributed by atoms with van der Waals surface area (Å²) in [6.07, 6.45) is -0.955. The van der Waals surface area contributed by atoms with E-state index in [1.54, 1.807) is 0 Å². The summed E-state index contributed by atoms with van der Waals surface area (Å²) < 4.78 is 81.7. The van der Waals surface area contributed by atoms with E-state index < -0.39 is 11.6 Å². The van der Waals surface area contributed by atoms with Crippen molar-refractivity contribution in [3.05, 3.63) is 0 Å². The Morgan fingerprint density at radius 1 is 0.357 bits per heavy atom. The van der Waals surface area contributed by atoms with Crippen LogP contribution in [-0.4, -0.2) is 233 Å². The molecule has 336 valence electrons. The van der Waals surface area contributed by atoms with Crippen molar-refractivity contribution >= 4 is 6.09 Å². The molecule has 0 atom stereocenters. The molecule has 19 nitrogen and oxygen atoms in total. The first-order valence-electron chi connectivity index (χ1n) is 19.8. The zero-order chi connectivity index (χ0) is 40.9. The van der Waals surface area contributed by atoms with E-state index in [0.29, 0.717) is 211 Å². The van der Waals surface area contributed by atoms with Crippen molar-refractivity contribution in [1.29, 1.82) is 0 Å². The number of nitrogens with zero attached hydrogens (tertiary/aromatic N) is 1. The van der Waals surface area contributed by atoms with E-state index in [1.165, 1.54) is 4.90 Å². The maximum absolute atomic E-state index is 11.3. The zero-order valence-corrected chi connectivity index (χ0v) is 34.6. The van der Waals surface area contributed by atoms with E-state index in [-0.39, 0.29) is 0 Å². The van der Waals surface area contributed by atoms with Gasteiger partial charge in [-0.1, -0.05) is 0 Å². The molecule has 0 fully saturated rings. The Morgan fingerprint density at radius 3 is 0.661 bits per heavy atom. The highest BCUT2D eigenvalue weighted by Crippen LogP contribution is 2.12. The molecule has 0 aromatic carbocycles. The van der Waals surface area contributed by atoms with Gasteiger partial charge in [-0.25, -0.2) is 4.79 Å².